The molecule has 4 aromatic rings. The largest absolute Gasteiger partial charge is 0.323 e. The van der Waals surface area contributed by atoms with E-state index in [0.29, 0.717) is 11.5 Å². The zero-order valence-corrected chi connectivity index (χ0v) is 15.1. The fraction of sp³-hybridized carbons (Fsp3) is 0.0952. The summed E-state index contributed by atoms with van der Waals surface area (Å²) in [5.74, 6) is 0.655. The van der Waals surface area contributed by atoms with Gasteiger partial charge in [0, 0.05) is 35.5 Å². The Hall–Kier alpha value is -3.67. The lowest BCUT2D eigenvalue weighted by Crippen LogP contribution is -2.19. The summed E-state index contributed by atoms with van der Waals surface area (Å²) in [6, 6.07) is 15.1. The van der Waals surface area contributed by atoms with Crippen LogP contribution in [-0.2, 0) is 0 Å². The number of carbonyl (C=O) groups excluding carboxylic acids is 1. The summed E-state index contributed by atoms with van der Waals surface area (Å²) >= 11 is 0. The SMILES string of the molecule is Cc1cc(C)cc(NC(=O)Nc2ccc(-c3cn4cccnc4n3)cc2)c1. The summed E-state index contributed by atoms with van der Waals surface area (Å²) in [5.41, 5.74) is 5.50. The molecule has 6 heteroatoms. The second kappa shape index (κ2) is 6.92. The Bertz CT molecular complexity index is 1060. The number of nitrogens with zero attached hydrogens (tertiary/aromatic N) is 3. The van der Waals surface area contributed by atoms with Crippen LogP contribution in [-0.4, -0.2) is 20.4 Å². The molecule has 4 rings (SSSR count). The molecule has 0 aliphatic heterocycles. The molecule has 134 valence electrons. The highest BCUT2D eigenvalue weighted by Crippen LogP contribution is 2.21. The fourth-order valence-electron chi connectivity index (χ4n) is 3.03. The quantitative estimate of drug-likeness (QED) is 0.560. The van der Waals surface area contributed by atoms with E-state index in [0.717, 1.165) is 28.1 Å². The van der Waals surface area contributed by atoms with Gasteiger partial charge in [0.15, 0.2) is 0 Å². The van der Waals surface area contributed by atoms with Gasteiger partial charge in [-0.2, -0.15) is 0 Å². The van der Waals surface area contributed by atoms with Gasteiger partial charge in [-0.05, 0) is 55.3 Å². The Morgan fingerprint density at radius 1 is 0.963 bits per heavy atom. The van der Waals surface area contributed by atoms with E-state index in [9.17, 15) is 4.79 Å². The monoisotopic (exact) mass is 357 g/mol. The lowest BCUT2D eigenvalue weighted by molar-refractivity contribution is 0.262. The van der Waals surface area contributed by atoms with Gasteiger partial charge < -0.3 is 10.6 Å². The second-order valence-electron chi connectivity index (χ2n) is 6.49. The van der Waals surface area contributed by atoms with Crippen LogP contribution in [0.1, 0.15) is 11.1 Å². The zero-order chi connectivity index (χ0) is 18.8. The molecule has 0 aliphatic carbocycles. The van der Waals surface area contributed by atoms with E-state index in [-0.39, 0.29) is 6.03 Å². The number of rotatable bonds is 3. The number of aryl methyl sites for hydroxylation is 2. The predicted molar refractivity (Wildman–Crippen MR) is 107 cm³/mol. The molecule has 2 N–H and O–H groups in total. The van der Waals surface area contributed by atoms with Gasteiger partial charge in [0.1, 0.15) is 0 Å². The summed E-state index contributed by atoms with van der Waals surface area (Å²) in [6.45, 7) is 4.01. The van der Waals surface area contributed by atoms with Crippen molar-refractivity contribution in [1.29, 1.82) is 0 Å². The maximum absolute atomic E-state index is 12.2. The average molecular weight is 357 g/mol. The second-order valence-corrected chi connectivity index (χ2v) is 6.49. The normalized spacial score (nSPS) is 10.7. The van der Waals surface area contributed by atoms with Crippen molar-refractivity contribution < 1.29 is 4.79 Å². The molecule has 27 heavy (non-hydrogen) atoms. The first kappa shape index (κ1) is 16.8. The molecule has 0 radical (unpaired) electrons. The Labute approximate surface area is 156 Å². The summed E-state index contributed by atoms with van der Waals surface area (Å²) < 4.78 is 1.87. The van der Waals surface area contributed by atoms with Crippen LogP contribution in [0.25, 0.3) is 17.0 Å². The van der Waals surface area contributed by atoms with Gasteiger partial charge in [0.25, 0.3) is 0 Å². The Morgan fingerprint density at radius 3 is 2.37 bits per heavy atom. The molecule has 2 aromatic carbocycles. The molecule has 0 fully saturated rings. The minimum atomic E-state index is -0.273. The van der Waals surface area contributed by atoms with Gasteiger partial charge in [-0.3, -0.25) is 4.40 Å². The zero-order valence-electron chi connectivity index (χ0n) is 15.1. The minimum absolute atomic E-state index is 0.273. The van der Waals surface area contributed by atoms with Crippen molar-refractivity contribution in [3.8, 4) is 11.3 Å². The van der Waals surface area contributed by atoms with E-state index < -0.39 is 0 Å². The van der Waals surface area contributed by atoms with Crippen LogP contribution in [0.5, 0.6) is 0 Å². The van der Waals surface area contributed by atoms with Crippen molar-refractivity contribution in [2.45, 2.75) is 13.8 Å². The van der Waals surface area contributed by atoms with Crippen LogP contribution in [0.3, 0.4) is 0 Å². The van der Waals surface area contributed by atoms with Crippen molar-refractivity contribution in [1.82, 2.24) is 14.4 Å². The smallest absolute Gasteiger partial charge is 0.308 e. The van der Waals surface area contributed by atoms with E-state index in [1.54, 1.807) is 6.20 Å². The van der Waals surface area contributed by atoms with E-state index in [1.807, 2.05) is 73.1 Å². The number of hydrogen-bond donors (Lipinski definition) is 2. The molecular formula is C21H19N5O. The summed E-state index contributed by atoms with van der Waals surface area (Å²) in [4.78, 5) is 21.0. The molecule has 6 nitrogen and oxygen atoms in total. The van der Waals surface area contributed by atoms with Gasteiger partial charge in [-0.25, -0.2) is 14.8 Å². The van der Waals surface area contributed by atoms with E-state index in [1.165, 1.54) is 0 Å². The number of aromatic nitrogens is 3. The van der Waals surface area contributed by atoms with Crippen LogP contribution in [0.2, 0.25) is 0 Å². The molecule has 0 aliphatic rings. The molecule has 0 bridgehead atoms. The highest BCUT2D eigenvalue weighted by Gasteiger charge is 2.07. The third-order valence-electron chi connectivity index (χ3n) is 4.15. The first-order valence-corrected chi connectivity index (χ1v) is 8.63. The first-order chi connectivity index (χ1) is 13.1. The maximum Gasteiger partial charge on any atom is 0.323 e. The topological polar surface area (TPSA) is 71.3 Å². The molecule has 0 spiro atoms. The number of imidazole rings is 1. The van der Waals surface area contributed by atoms with Gasteiger partial charge >= 0.3 is 6.03 Å². The third kappa shape index (κ3) is 3.79. The van der Waals surface area contributed by atoms with Gasteiger partial charge in [-0.1, -0.05) is 18.2 Å². The van der Waals surface area contributed by atoms with Crippen LogP contribution in [0, 0.1) is 13.8 Å². The number of nitrogens with one attached hydrogen (secondary N) is 2. The van der Waals surface area contributed by atoms with Gasteiger partial charge in [-0.15, -0.1) is 0 Å². The first-order valence-electron chi connectivity index (χ1n) is 8.63. The Kier molecular flexibility index (Phi) is 4.30. The van der Waals surface area contributed by atoms with Crippen molar-refractivity contribution in [2.24, 2.45) is 0 Å². The average Bonchev–Trinajstić information content (AvgIpc) is 3.05. The number of benzene rings is 2. The van der Waals surface area contributed by atoms with Crippen LogP contribution < -0.4 is 10.6 Å². The van der Waals surface area contributed by atoms with Gasteiger partial charge in [0.05, 0.1) is 5.69 Å². The van der Waals surface area contributed by atoms with Crippen LogP contribution in [0.4, 0.5) is 16.2 Å². The molecule has 2 heterocycles. The number of fused-ring (bicyclic) bond motifs is 1. The molecule has 0 atom stereocenters. The number of urea groups is 1. The predicted octanol–water partition coefficient (Wildman–Crippen LogP) is 4.66. The molecule has 2 aromatic heterocycles. The highest BCUT2D eigenvalue weighted by molar-refractivity contribution is 6.00. The third-order valence-corrected chi connectivity index (χ3v) is 4.15. The maximum atomic E-state index is 12.2. The number of anilines is 2. The summed E-state index contributed by atoms with van der Waals surface area (Å²) in [7, 11) is 0. The number of amides is 2. The van der Waals surface area contributed by atoms with Gasteiger partial charge in [0.2, 0.25) is 5.78 Å². The van der Waals surface area contributed by atoms with E-state index in [2.05, 4.69) is 26.7 Å². The Morgan fingerprint density at radius 2 is 1.67 bits per heavy atom. The molecule has 0 saturated carbocycles. The fourth-order valence-corrected chi connectivity index (χ4v) is 3.03. The molecule has 0 unspecified atom stereocenters. The number of carbonyl (C=O) groups is 1. The molecule has 2 amide bonds. The lowest BCUT2D eigenvalue weighted by Gasteiger charge is -2.09. The summed E-state index contributed by atoms with van der Waals surface area (Å²) in [6.07, 6.45) is 5.55. The van der Waals surface area contributed by atoms with E-state index in [4.69, 9.17) is 0 Å². The molecule has 0 saturated heterocycles. The van der Waals surface area contributed by atoms with Crippen molar-refractivity contribution in [3.63, 3.8) is 0 Å². The highest BCUT2D eigenvalue weighted by atomic mass is 16.2. The van der Waals surface area contributed by atoms with Crippen molar-refractivity contribution >= 4 is 23.2 Å². The minimum Gasteiger partial charge on any atom is -0.308 e. The number of hydrogen-bond acceptors (Lipinski definition) is 3. The van der Waals surface area contributed by atoms with Crippen LogP contribution in [0.15, 0.2) is 67.1 Å². The Balaban J connectivity index is 1.46. The van der Waals surface area contributed by atoms with Crippen LogP contribution >= 0.6 is 0 Å². The van der Waals surface area contributed by atoms with Crippen molar-refractivity contribution in [2.75, 3.05) is 10.6 Å². The lowest BCUT2D eigenvalue weighted by atomic mass is 10.1. The van der Waals surface area contributed by atoms with Crippen molar-refractivity contribution in [3.05, 3.63) is 78.2 Å². The molecular weight excluding hydrogens is 338 g/mol. The standard InChI is InChI=1S/C21H19N5O/c1-14-10-15(2)12-18(11-14)24-21(27)23-17-6-4-16(5-7-17)19-13-26-9-3-8-22-20(26)25-19/h3-13H,1-2H3,(H2,23,24,27). The van der Waals surface area contributed by atoms with E-state index >= 15 is 0 Å². The summed E-state index contributed by atoms with van der Waals surface area (Å²) in [5, 5.41) is 5.71.